The van der Waals surface area contributed by atoms with Crippen molar-refractivity contribution in [3.8, 4) is 0 Å². The third-order valence-electron chi connectivity index (χ3n) is 4.19. The molecule has 0 saturated carbocycles. The molecule has 102 valence electrons. The largest absolute Gasteiger partial charge is 0.306 e. The molecular formula is C14H24BrN3. The number of nitrogens with zero attached hydrogens (tertiary/aromatic N) is 2. The summed E-state index contributed by atoms with van der Waals surface area (Å²) in [6.45, 7) is 8.83. The van der Waals surface area contributed by atoms with E-state index in [2.05, 4.69) is 51.8 Å². The SMILES string of the molecule is CCn1ncc(Br)c1C1(C(C)C)CCCCCN1. The van der Waals surface area contributed by atoms with E-state index in [-0.39, 0.29) is 5.54 Å². The average molecular weight is 314 g/mol. The van der Waals surface area contributed by atoms with Gasteiger partial charge < -0.3 is 5.32 Å². The first kappa shape index (κ1) is 14.1. The monoisotopic (exact) mass is 313 g/mol. The summed E-state index contributed by atoms with van der Waals surface area (Å²) in [6.07, 6.45) is 7.06. The molecule has 1 aromatic heterocycles. The minimum atomic E-state index is 0.0713. The van der Waals surface area contributed by atoms with E-state index in [1.165, 1.54) is 31.4 Å². The van der Waals surface area contributed by atoms with Crippen LogP contribution in [0.3, 0.4) is 0 Å². The Bertz CT molecular complexity index is 390. The van der Waals surface area contributed by atoms with Crippen molar-refractivity contribution in [1.82, 2.24) is 15.1 Å². The summed E-state index contributed by atoms with van der Waals surface area (Å²) in [5.41, 5.74) is 1.41. The van der Waals surface area contributed by atoms with Gasteiger partial charge in [-0.2, -0.15) is 5.10 Å². The molecule has 0 amide bonds. The summed E-state index contributed by atoms with van der Waals surface area (Å²) in [4.78, 5) is 0. The molecule has 2 rings (SSSR count). The van der Waals surface area contributed by atoms with Crippen LogP contribution in [0.5, 0.6) is 0 Å². The molecule has 18 heavy (non-hydrogen) atoms. The van der Waals surface area contributed by atoms with E-state index in [0.29, 0.717) is 5.92 Å². The number of hydrogen-bond donors (Lipinski definition) is 1. The first-order valence-electron chi connectivity index (χ1n) is 7.08. The van der Waals surface area contributed by atoms with E-state index in [0.717, 1.165) is 17.6 Å². The molecule has 0 radical (unpaired) electrons. The molecule has 1 aliphatic rings. The zero-order valence-electron chi connectivity index (χ0n) is 11.7. The Hall–Kier alpha value is -0.350. The number of aromatic nitrogens is 2. The quantitative estimate of drug-likeness (QED) is 0.922. The lowest BCUT2D eigenvalue weighted by atomic mass is 9.79. The summed E-state index contributed by atoms with van der Waals surface area (Å²) >= 11 is 3.70. The molecule has 0 spiro atoms. The number of aryl methyl sites for hydroxylation is 1. The summed E-state index contributed by atoms with van der Waals surface area (Å²) in [5, 5.41) is 8.32. The van der Waals surface area contributed by atoms with Crippen LogP contribution in [-0.2, 0) is 12.1 Å². The Kier molecular flexibility index (Phi) is 4.49. The van der Waals surface area contributed by atoms with Crippen LogP contribution in [0.2, 0.25) is 0 Å². The third-order valence-corrected chi connectivity index (χ3v) is 4.77. The molecule has 1 unspecified atom stereocenters. The molecule has 1 fully saturated rings. The minimum Gasteiger partial charge on any atom is -0.306 e. The zero-order chi connectivity index (χ0) is 13.2. The van der Waals surface area contributed by atoms with Crippen LogP contribution >= 0.6 is 15.9 Å². The fraction of sp³-hybridized carbons (Fsp3) is 0.786. The predicted molar refractivity (Wildman–Crippen MR) is 78.6 cm³/mol. The fourth-order valence-electron chi connectivity index (χ4n) is 3.12. The van der Waals surface area contributed by atoms with Crippen molar-refractivity contribution >= 4 is 15.9 Å². The molecule has 1 atom stereocenters. The van der Waals surface area contributed by atoms with Crippen LogP contribution in [0.25, 0.3) is 0 Å². The van der Waals surface area contributed by atoms with Crippen molar-refractivity contribution in [3.63, 3.8) is 0 Å². The standard InChI is InChI=1S/C14H24BrN3/c1-4-18-13(12(15)10-17-18)14(11(2)3)8-6-5-7-9-16-14/h10-11,16H,4-9H2,1-3H3. The van der Waals surface area contributed by atoms with Gasteiger partial charge in [-0.15, -0.1) is 0 Å². The van der Waals surface area contributed by atoms with Gasteiger partial charge in [0.05, 0.1) is 21.9 Å². The van der Waals surface area contributed by atoms with Crippen molar-refractivity contribution in [1.29, 1.82) is 0 Å². The maximum Gasteiger partial charge on any atom is 0.0729 e. The highest BCUT2D eigenvalue weighted by Gasteiger charge is 2.40. The van der Waals surface area contributed by atoms with Crippen LogP contribution in [0.1, 0.15) is 52.1 Å². The molecule has 0 bridgehead atoms. The zero-order valence-corrected chi connectivity index (χ0v) is 13.3. The fourth-order valence-corrected chi connectivity index (χ4v) is 3.77. The van der Waals surface area contributed by atoms with Crippen molar-refractivity contribution in [2.24, 2.45) is 5.92 Å². The lowest BCUT2D eigenvalue weighted by Gasteiger charge is -2.38. The maximum absolute atomic E-state index is 4.50. The second-order valence-corrected chi connectivity index (χ2v) is 6.37. The number of hydrogen-bond acceptors (Lipinski definition) is 2. The molecule has 0 aliphatic carbocycles. The summed E-state index contributed by atoms with van der Waals surface area (Å²) in [6, 6.07) is 0. The Labute approximate surface area is 118 Å². The smallest absolute Gasteiger partial charge is 0.0729 e. The molecule has 3 nitrogen and oxygen atoms in total. The average Bonchev–Trinajstić information content (AvgIpc) is 2.59. The van der Waals surface area contributed by atoms with E-state index in [1.54, 1.807) is 0 Å². The van der Waals surface area contributed by atoms with Gasteiger partial charge in [0.2, 0.25) is 0 Å². The van der Waals surface area contributed by atoms with Crippen LogP contribution in [0, 0.1) is 5.92 Å². The van der Waals surface area contributed by atoms with Crippen molar-refractivity contribution < 1.29 is 0 Å². The van der Waals surface area contributed by atoms with Gasteiger partial charge in [0.1, 0.15) is 0 Å². The molecule has 1 aliphatic heterocycles. The number of rotatable bonds is 3. The Balaban J connectivity index is 2.48. The van der Waals surface area contributed by atoms with Gasteiger partial charge in [-0.3, -0.25) is 4.68 Å². The third kappa shape index (κ3) is 2.37. The molecule has 1 aromatic rings. The van der Waals surface area contributed by atoms with Gasteiger partial charge >= 0.3 is 0 Å². The topological polar surface area (TPSA) is 29.9 Å². The van der Waals surface area contributed by atoms with Crippen LogP contribution in [-0.4, -0.2) is 16.3 Å². The molecule has 1 saturated heterocycles. The molecule has 1 N–H and O–H groups in total. The maximum atomic E-state index is 4.50. The van der Waals surface area contributed by atoms with Gasteiger partial charge in [-0.1, -0.05) is 26.7 Å². The van der Waals surface area contributed by atoms with Crippen LogP contribution in [0.4, 0.5) is 0 Å². The number of nitrogens with one attached hydrogen (secondary N) is 1. The Morgan fingerprint density at radius 2 is 2.22 bits per heavy atom. The second kappa shape index (κ2) is 5.74. The molecule has 2 heterocycles. The van der Waals surface area contributed by atoms with Gasteiger partial charge in [-0.25, -0.2) is 0 Å². The van der Waals surface area contributed by atoms with E-state index >= 15 is 0 Å². The lowest BCUT2D eigenvalue weighted by Crippen LogP contribution is -2.48. The van der Waals surface area contributed by atoms with E-state index < -0.39 is 0 Å². The normalized spacial score (nSPS) is 25.4. The Morgan fingerprint density at radius 3 is 2.89 bits per heavy atom. The van der Waals surface area contributed by atoms with Gasteiger partial charge in [0, 0.05) is 6.54 Å². The predicted octanol–water partition coefficient (Wildman–Crippen LogP) is 3.68. The van der Waals surface area contributed by atoms with E-state index in [9.17, 15) is 0 Å². The van der Waals surface area contributed by atoms with Crippen molar-refractivity contribution in [3.05, 3.63) is 16.4 Å². The van der Waals surface area contributed by atoms with E-state index in [4.69, 9.17) is 0 Å². The van der Waals surface area contributed by atoms with Gasteiger partial charge in [0.25, 0.3) is 0 Å². The highest BCUT2D eigenvalue weighted by Crippen LogP contribution is 2.40. The number of halogens is 1. The minimum absolute atomic E-state index is 0.0713. The lowest BCUT2D eigenvalue weighted by molar-refractivity contribution is 0.212. The molecular weight excluding hydrogens is 290 g/mol. The Morgan fingerprint density at radius 1 is 1.44 bits per heavy atom. The van der Waals surface area contributed by atoms with E-state index in [1.807, 2.05) is 6.20 Å². The first-order chi connectivity index (χ1) is 8.62. The summed E-state index contributed by atoms with van der Waals surface area (Å²) in [7, 11) is 0. The van der Waals surface area contributed by atoms with Gasteiger partial charge in [-0.05, 0) is 48.2 Å². The van der Waals surface area contributed by atoms with Crippen LogP contribution in [0.15, 0.2) is 10.7 Å². The highest BCUT2D eigenvalue weighted by atomic mass is 79.9. The second-order valence-electron chi connectivity index (χ2n) is 5.52. The summed E-state index contributed by atoms with van der Waals surface area (Å²) < 4.78 is 3.29. The first-order valence-corrected chi connectivity index (χ1v) is 7.88. The van der Waals surface area contributed by atoms with Gasteiger partial charge in [0.15, 0.2) is 0 Å². The molecule has 4 heteroatoms. The highest BCUT2D eigenvalue weighted by molar-refractivity contribution is 9.10. The van der Waals surface area contributed by atoms with Crippen molar-refractivity contribution in [2.75, 3.05) is 6.54 Å². The summed E-state index contributed by atoms with van der Waals surface area (Å²) in [5.74, 6) is 0.564. The van der Waals surface area contributed by atoms with Crippen LogP contribution < -0.4 is 5.32 Å². The van der Waals surface area contributed by atoms with Crippen molar-refractivity contribution in [2.45, 2.75) is 58.5 Å². The molecule has 0 aromatic carbocycles.